The van der Waals surface area contributed by atoms with E-state index in [0.29, 0.717) is 17.4 Å². The lowest BCUT2D eigenvalue weighted by atomic mass is 10.0. The molecule has 0 fully saturated rings. The molecule has 0 heterocycles. The fourth-order valence-electron chi connectivity index (χ4n) is 11.3. The molecule has 0 saturated heterocycles. The number of quaternary nitrogens is 1. The minimum atomic E-state index is -1.51. The van der Waals surface area contributed by atoms with E-state index < -0.39 is 24.3 Å². The van der Waals surface area contributed by atoms with Crippen molar-refractivity contribution in [3.8, 4) is 0 Å². The third-order valence-electron chi connectivity index (χ3n) is 17.3. The van der Waals surface area contributed by atoms with Crippen LogP contribution < -0.4 is 0 Å². The molecule has 0 aliphatic heterocycles. The predicted molar refractivity (Wildman–Crippen MR) is 401 cm³/mol. The lowest BCUT2D eigenvalue weighted by Gasteiger charge is -2.25. The van der Waals surface area contributed by atoms with Gasteiger partial charge in [0.05, 0.1) is 34.4 Å². The number of carboxylic acid groups (broad SMARTS) is 1. The van der Waals surface area contributed by atoms with Crippen LogP contribution in [0.4, 0.5) is 0 Å². The average Bonchev–Trinajstić information content (AvgIpc) is 3.38. The molecule has 93 heavy (non-hydrogen) atoms. The first-order valence-electron chi connectivity index (χ1n) is 39.4. The molecule has 9 nitrogen and oxygen atoms in total. The number of esters is 2. The van der Waals surface area contributed by atoms with Crippen molar-refractivity contribution >= 4 is 17.9 Å². The van der Waals surface area contributed by atoms with Gasteiger partial charge in [-0.25, -0.2) is 4.79 Å². The summed E-state index contributed by atoms with van der Waals surface area (Å²) in [6.45, 7) is 4.80. The van der Waals surface area contributed by atoms with E-state index in [-0.39, 0.29) is 32.2 Å². The van der Waals surface area contributed by atoms with Crippen molar-refractivity contribution in [3.63, 3.8) is 0 Å². The molecule has 0 spiro atoms. The maximum absolute atomic E-state index is 13.0. The van der Waals surface area contributed by atoms with Crippen molar-refractivity contribution < 1.29 is 42.9 Å². The first kappa shape index (κ1) is 89.2. The van der Waals surface area contributed by atoms with Gasteiger partial charge in [-0.3, -0.25) is 9.59 Å². The van der Waals surface area contributed by atoms with Crippen LogP contribution in [0.5, 0.6) is 0 Å². The lowest BCUT2D eigenvalue weighted by Crippen LogP contribution is -2.40. The van der Waals surface area contributed by atoms with Gasteiger partial charge in [-0.05, 0) is 96.3 Å². The maximum Gasteiger partial charge on any atom is 0.361 e. The molecule has 0 saturated carbocycles. The molecule has 0 radical (unpaired) electrons. The molecule has 0 amide bonds. The van der Waals surface area contributed by atoms with Crippen molar-refractivity contribution in [2.24, 2.45) is 0 Å². The predicted octanol–water partition coefficient (Wildman–Crippen LogP) is 25.1. The molecular weight excluding hydrogens is 1150 g/mol. The maximum atomic E-state index is 13.0. The van der Waals surface area contributed by atoms with Crippen LogP contribution in [0.2, 0.25) is 0 Å². The number of carbonyl (C=O) groups is 3. The third-order valence-corrected chi connectivity index (χ3v) is 17.3. The van der Waals surface area contributed by atoms with E-state index in [4.69, 9.17) is 18.9 Å². The fraction of sp³-hybridized carbons (Fsp3) is 0.774. The van der Waals surface area contributed by atoms with E-state index in [1.807, 2.05) is 21.1 Å². The van der Waals surface area contributed by atoms with Crippen molar-refractivity contribution in [2.75, 3.05) is 47.5 Å². The highest BCUT2D eigenvalue weighted by Crippen LogP contribution is 2.19. The average molecular weight is 1300 g/mol. The fourth-order valence-corrected chi connectivity index (χ4v) is 11.3. The van der Waals surface area contributed by atoms with E-state index in [2.05, 4.69) is 111 Å². The molecule has 0 aliphatic rings. The van der Waals surface area contributed by atoms with Crippen LogP contribution in [0.25, 0.3) is 0 Å². The highest BCUT2D eigenvalue weighted by molar-refractivity contribution is 5.71. The van der Waals surface area contributed by atoms with E-state index in [9.17, 15) is 19.5 Å². The van der Waals surface area contributed by atoms with Gasteiger partial charge < -0.3 is 28.5 Å². The SMILES string of the molecule is CC/C=C\C/C=C\C/C=C\C/C=C\C/C=C\CCCCCCCCCCCCCCCCCC(=O)OC(COC(=O)CCCCCCCCCCCCCCCCCCCCCCCC/C=C\C/C=C\C/C=C\CCCCCCC)COC(OCC[N+](C)(C)C)C(=O)O. The van der Waals surface area contributed by atoms with Crippen LogP contribution in [-0.4, -0.2) is 87.4 Å². The molecule has 0 rings (SSSR count). The van der Waals surface area contributed by atoms with Crippen LogP contribution in [0.3, 0.4) is 0 Å². The lowest BCUT2D eigenvalue weighted by molar-refractivity contribution is -0.870. The van der Waals surface area contributed by atoms with E-state index in [1.165, 1.54) is 250 Å². The monoisotopic (exact) mass is 1300 g/mol. The first-order chi connectivity index (χ1) is 45.6. The summed E-state index contributed by atoms with van der Waals surface area (Å²) in [5.41, 5.74) is 0. The zero-order chi connectivity index (χ0) is 67.5. The second-order valence-corrected chi connectivity index (χ2v) is 27.6. The van der Waals surface area contributed by atoms with Gasteiger partial charge in [0, 0.05) is 12.8 Å². The molecule has 0 aromatic rings. The number of likely N-dealkylation sites (N-methyl/N-ethyl adjacent to an activating group) is 1. The zero-order valence-electron chi connectivity index (χ0n) is 61.7. The van der Waals surface area contributed by atoms with E-state index >= 15 is 0 Å². The van der Waals surface area contributed by atoms with Crippen molar-refractivity contribution in [3.05, 3.63) is 97.2 Å². The van der Waals surface area contributed by atoms with Gasteiger partial charge >= 0.3 is 17.9 Å². The largest absolute Gasteiger partial charge is 0.477 e. The number of carbonyl (C=O) groups excluding carboxylic acids is 2. The summed E-state index contributed by atoms with van der Waals surface area (Å²) in [6, 6.07) is 0. The van der Waals surface area contributed by atoms with Crippen LogP contribution >= 0.6 is 0 Å². The number of carboxylic acids is 1. The molecule has 1 N–H and O–H groups in total. The minimum Gasteiger partial charge on any atom is -0.477 e. The highest BCUT2D eigenvalue weighted by atomic mass is 16.7. The van der Waals surface area contributed by atoms with Gasteiger partial charge in [-0.15, -0.1) is 0 Å². The Bertz CT molecular complexity index is 1850. The Balaban J connectivity index is 4.01. The summed E-state index contributed by atoms with van der Waals surface area (Å²) in [6.07, 6.45) is 99.8. The van der Waals surface area contributed by atoms with Gasteiger partial charge in [0.2, 0.25) is 0 Å². The Labute approximate surface area is 575 Å². The quantitative estimate of drug-likeness (QED) is 0.0211. The second kappa shape index (κ2) is 74.0. The van der Waals surface area contributed by atoms with Gasteiger partial charge in [-0.1, -0.05) is 349 Å². The summed E-state index contributed by atoms with van der Waals surface area (Å²) >= 11 is 0. The Morgan fingerprint density at radius 3 is 0.914 bits per heavy atom. The van der Waals surface area contributed by atoms with Gasteiger partial charge in [-0.2, -0.15) is 0 Å². The van der Waals surface area contributed by atoms with Gasteiger partial charge in [0.15, 0.2) is 6.10 Å². The summed E-state index contributed by atoms with van der Waals surface area (Å²) in [5, 5.41) is 9.77. The summed E-state index contributed by atoms with van der Waals surface area (Å²) in [4.78, 5) is 37.7. The highest BCUT2D eigenvalue weighted by Gasteiger charge is 2.25. The molecule has 0 aromatic heterocycles. The van der Waals surface area contributed by atoms with Crippen molar-refractivity contribution in [1.29, 1.82) is 0 Å². The number of allylic oxidation sites excluding steroid dienone is 16. The number of nitrogens with zero attached hydrogens (tertiary/aromatic N) is 1. The molecule has 9 heteroatoms. The smallest absolute Gasteiger partial charge is 0.361 e. The third kappa shape index (κ3) is 75.5. The first-order valence-corrected chi connectivity index (χ1v) is 39.4. The van der Waals surface area contributed by atoms with Crippen molar-refractivity contribution in [1.82, 2.24) is 0 Å². The van der Waals surface area contributed by atoms with Gasteiger partial charge in [0.1, 0.15) is 13.2 Å². The molecule has 2 atom stereocenters. The molecule has 2 unspecified atom stereocenters. The standard InChI is InChI=1S/C84H149NO8/c1-6-8-10-12-14-16-18-20-22-24-26-28-30-32-34-36-38-39-40-41-42-43-45-46-48-50-52-54-56-58-60-62-64-66-68-70-72-74-81(86)91-78-80(79-92-84(83(88)89)90-77-76-85(3,4)5)93-82(87)75-73-71-69-67-65-63-61-59-57-55-53-51-49-47-44-37-35-33-31-29-27-25-23-21-19-17-15-13-11-9-7-2/h9,11,15,17-18,20-21,23-24,26-27,29-30,32-33,35,80,84H,6-8,10,12-14,16,19,22,25,28,31,34,36-79H2,1-5H3/p+1/b11-9-,17-15-,20-18-,23-21-,26-24-,29-27-,32-30-,35-33-. The summed E-state index contributed by atoms with van der Waals surface area (Å²) in [7, 11) is 5.99. The normalized spacial score (nSPS) is 13.2. The Kier molecular flexibility index (Phi) is 71.0. The van der Waals surface area contributed by atoms with Crippen LogP contribution in [0, 0.1) is 0 Å². The topological polar surface area (TPSA) is 108 Å². The number of aliphatic carboxylic acids is 1. The Morgan fingerprint density at radius 2 is 0.613 bits per heavy atom. The Hall–Kier alpha value is -3.79. The number of rotatable bonds is 73. The number of unbranched alkanes of at least 4 members (excludes halogenated alkanes) is 42. The number of ether oxygens (including phenoxy) is 4. The summed E-state index contributed by atoms with van der Waals surface area (Å²) < 4.78 is 23.0. The number of hydrogen-bond donors (Lipinski definition) is 1. The van der Waals surface area contributed by atoms with Crippen LogP contribution in [-0.2, 0) is 33.3 Å². The Morgan fingerprint density at radius 1 is 0.333 bits per heavy atom. The molecular formula is C84H150NO8+. The molecule has 538 valence electrons. The van der Waals surface area contributed by atoms with Gasteiger partial charge in [0.25, 0.3) is 6.29 Å². The molecule has 0 bridgehead atoms. The zero-order valence-corrected chi connectivity index (χ0v) is 61.7. The summed E-state index contributed by atoms with van der Waals surface area (Å²) in [5.74, 6) is -1.99. The second-order valence-electron chi connectivity index (χ2n) is 27.6. The van der Waals surface area contributed by atoms with E-state index in [0.717, 1.165) is 83.5 Å². The van der Waals surface area contributed by atoms with E-state index in [1.54, 1.807) is 0 Å². The minimum absolute atomic E-state index is 0.181. The molecule has 0 aromatic carbocycles. The number of hydrogen-bond acceptors (Lipinski definition) is 7. The molecule has 0 aliphatic carbocycles. The van der Waals surface area contributed by atoms with Crippen LogP contribution in [0.1, 0.15) is 361 Å². The van der Waals surface area contributed by atoms with Crippen LogP contribution in [0.15, 0.2) is 97.2 Å². The van der Waals surface area contributed by atoms with Crippen molar-refractivity contribution in [2.45, 2.75) is 373 Å².